The molecule has 3 amide bonds. The van der Waals surface area contributed by atoms with Crippen LogP contribution in [0.5, 0.6) is 0 Å². The highest BCUT2D eigenvalue weighted by atomic mass is 19.1. The number of primary amides is 1. The van der Waals surface area contributed by atoms with Crippen molar-refractivity contribution in [3.8, 4) is 0 Å². The zero-order chi connectivity index (χ0) is 24.6. The van der Waals surface area contributed by atoms with E-state index >= 15 is 0 Å². The number of nitrogens with zero attached hydrogens (tertiary/aromatic N) is 1. The molecule has 9 heteroatoms. The average molecular weight is 475 g/mol. The van der Waals surface area contributed by atoms with E-state index in [9.17, 15) is 18.8 Å². The molecule has 0 aromatic heterocycles. The fourth-order valence-corrected chi connectivity index (χ4v) is 5.52. The highest BCUT2D eigenvalue weighted by molar-refractivity contribution is 5.91. The molecule has 1 saturated carbocycles. The molecule has 0 spiro atoms. The lowest BCUT2D eigenvalue weighted by Gasteiger charge is -2.36. The first-order valence-electron chi connectivity index (χ1n) is 12.1. The number of likely N-dealkylation sites (tertiary alicyclic amines) is 1. The standard InChI is InChI=1S/C25H35FN4O4/c1-25(2,3)34-24(33)30-18-7-6-16(10-18)21(30)23(32)29-20(22(27)31)12-15-5-4-14(11-19(15)26)17-8-9-28-13-17/h4-5,11,16-18,20-21,28H,6-10,12-13H2,1-3H3,(H2,27,31)(H,29,32)/t16?,17?,18?,20-,21-/m0/s1. The van der Waals surface area contributed by atoms with Gasteiger partial charge in [-0.3, -0.25) is 14.5 Å². The first-order valence-corrected chi connectivity index (χ1v) is 12.1. The first-order chi connectivity index (χ1) is 16.0. The molecule has 0 radical (unpaired) electrons. The highest BCUT2D eigenvalue weighted by Gasteiger charge is 2.52. The van der Waals surface area contributed by atoms with Crippen LogP contribution in [0.1, 0.15) is 63.5 Å². The van der Waals surface area contributed by atoms with E-state index in [1.807, 2.05) is 6.07 Å². The van der Waals surface area contributed by atoms with Crippen molar-refractivity contribution >= 4 is 17.9 Å². The summed E-state index contributed by atoms with van der Waals surface area (Å²) in [6, 6.07) is 3.18. The van der Waals surface area contributed by atoms with Gasteiger partial charge in [0.1, 0.15) is 23.5 Å². The van der Waals surface area contributed by atoms with Crippen LogP contribution in [-0.4, -0.2) is 59.6 Å². The third-order valence-electron chi connectivity index (χ3n) is 7.15. The predicted molar refractivity (Wildman–Crippen MR) is 124 cm³/mol. The molecule has 5 atom stereocenters. The zero-order valence-electron chi connectivity index (χ0n) is 20.1. The Hall–Kier alpha value is -2.68. The Morgan fingerprint density at radius 3 is 2.65 bits per heavy atom. The van der Waals surface area contributed by atoms with E-state index < -0.39 is 41.4 Å². The molecular weight excluding hydrogens is 439 g/mol. The highest BCUT2D eigenvalue weighted by Crippen LogP contribution is 2.43. The van der Waals surface area contributed by atoms with Gasteiger partial charge in [0.2, 0.25) is 11.8 Å². The van der Waals surface area contributed by atoms with Gasteiger partial charge in [-0.2, -0.15) is 0 Å². The van der Waals surface area contributed by atoms with E-state index in [0.717, 1.165) is 44.3 Å². The number of fused-ring (bicyclic) bond motifs is 2. The van der Waals surface area contributed by atoms with E-state index in [0.29, 0.717) is 5.56 Å². The number of hydrogen-bond acceptors (Lipinski definition) is 5. The molecule has 2 heterocycles. The van der Waals surface area contributed by atoms with Crippen molar-refractivity contribution in [3.05, 3.63) is 35.1 Å². The van der Waals surface area contributed by atoms with Crippen molar-refractivity contribution in [2.75, 3.05) is 13.1 Å². The smallest absolute Gasteiger partial charge is 0.411 e. The summed E-state index contributed by atoms with van der Waals surface area (Å²) in [5, 5.41) is 5.96. The predicted octanol–water partition coefficient (Wildman–Crippen LogP) is 2.20. The number of hydrogen-bond donors (Lipinski definition) is 3. The molecule has 2 saturated heterocycles. The molecule has 3 unspecified atom stereocenters. The summed E-state index contributed by atoms with van der Waals surface area (Å²) < 4.78 is 20.4. The SMILES string of the molecule is CC(C)(C)OC(=O)N1C2CCC(C2)[C@H]1C(=O)N[C@@H](Cc1ccc(C2CCNC2)cc1F)C(N)=O. The molecule has 4 N–H and O–H groups in total. The second-order valence-electron chi connectivity index (χ2n) is 10.8. The van der Waals surface area contributed by atoms with Gasteiger partial charge in [-0.05, 0) is 82.0 Å². The maximum atomic E-state index is 14.9. The number of nitrogens with two attached hydrogens (primary N) is 1. The van der Waals surface area contributed by atoms with Crippen LogP contribution in [0.4, 0.5) is 9.18 Å². The minimum absolute atomic E-state index is 0.00193. The van der Waals surface area contributed by atoms with E-state index in [1.54, 1.807) is 26.8 Å². The van der Waals surface area contributed by atoms with Gasteiger partial charge in [0.05, 0.1) is 0 Å². The van der Waals surface area contributed by atoms with Crippen molar-refractivity contribution in [3.63, 3.8) is 0 Å². The molecular formula is C25H35FN4O4. The van der Waals surface area contributed by atoms with E-state index in [1.165, 1.54) is 11.0 Å². The number of carbonyl (C=O) groups excluding carboxylic acids is 3. The van der Waals surface area contributed by atoms with Crippen LogP contribution in [-0.2, 0) is 20.7 Å². The zero-order valence-corrected chi connectivity index (χ0v) is 20.1. The summed E-state index contributed by atoms with van der Waals surface area (Å²) in [5.41, 5.74) is 6.12. The van der Waals surface area contributed by atoms with Gasteiger partial charge in [-0.25, -0.2) is 9.18 Å². The summed E-state index contributed by atoms with van der Waals surface area (Å²) in [7, 11) is 0. The molecule has 3 fully saturated rings. The number of carbonyl (C=O) groups is 3. The number of halogens is 1. The van der Waals surface area contributed by atoms with Crippen LogP contribution in [0.3, 0.4) is 0 Å². The Morgan fingerprint density at radius 2 is 2.03 bits per heavy atom. The largest absolute Gasteiger partial charge is 0.444 e. The van der Waals surface area contributed by atoms with Crippen molar-refractivity contribution < 1.29 is 23.5 Å². The number of benzene rings is 1. The van der Waals surface area contributed by atoms with Crippen LogP contribution >= 0.6 is 0 Å². The average Bonchev–Trinajstić information content (AvgIpc) is 3.50. The van der Waals surface area contributed by atoms with Crippen LogP contribution in [0.2, 0.25) is 0 Å². The van der Waals surface area contributed by atoms with E-state index in [-0.39, 0.29) is 24.3 Å². The van der Waals surface area contributed by atoms with Crippen LogP contribution < -0.4 is 16.4 Å². The lowest BCUT2D eigenvalue weighted by Crippen LogP contribution is -2.57. The fourth-order valence-electron chi connectivity index (χ4n) is 5.52. The minimum Gasteiger partial charge on any atom is -0.444 e. The van der Waals surface area contributed by atoms with E-state index in [2.05, 4.69) is 10.6 Å². The Morgan fingerprint density at radius 1 is 1.26 bits per heavy atom. The molecule has 2 bridgehead atoms. The third kappa shape index (κ3) is 5.19. The van der Waals surface area contributed by atoms with Gasteiger partial charge in [0.25, 0.3) is 0 Å². The van der Waals surface area contributed by atoms with Crippen molar-refractivity contribution in [1.29, 1.82) is 0 Å². The van der Waals surface area contributed by atoms with Crippen LogP contribution in [0, 0.1) is 11.7 Å². The Bertz CT molecular complexity index is 957. The Balaban J connectivity index is 1.46. The van der Waals surface area contributed by atoms with Gasteiger partial charge in [-0.15, -0.1) is 0 Å². The molecule has 4 rings (SSSR count). The molecule has 1 aromatic carbocycles. The fraction of sp³-hybridized carbons (Fsp3) is 0.640. The molecule has 1 aromatic rings. The molecule has 3 aliphatic rings. The number of rotatable bonds is 6. The monoisotopic (exact) mass is 474 g/mol. The summed E-state index contributed by atoms with van der Waals surface area (Å²) in [6.07, 6.45) is 2.75. The maximum absolute atomic E-state index is 14.9. The summed E-state index contributed by atoms with van der Waals surface area (Å²) >= 11 is 0. The molecule has 186 valence electrons. The van der Waals surface area contributed by atoms with Gasteiger partial charge >= 0.3 is 6.09 Å². The second-order valence-corrected chi connectivity index (χ2v) is 10.8. The van der Waals surface area contributed by atoms with Gasteiger partial charge in [0.15, 0.2) is 0 Å². The lowest BCUT2D eigenvalue weighted by molar-refractivity contribution is -0.132. The summed E-state index contributed by atoms with van der Waals surface area (Å²) in [5.74, 6) is -1.34. The first kappa shape index (κ1) is 24.4. The number of piperidine rings is 1. The summed E-state index contributed by atoms with van der Waals surface area (Å²) in [6.45, 7) is 7.06. The number of amides is 3. The second kappa shape index (κ2) is 9.52. The number of nitrogens with one attached hydrogen (secondary N) is 2. The minimum atomic E-state index is -1.08. The summed E-state index contributed by atoms with van der Waals surface area (Å²) in [4.78, 5) is 39.8. The normalized spacial score (nSPS) is 27.0. The van der Waals surface area contributed by atoms with Crippen LogP contribution in [0.25, 0.3) is 0 Å². The quantitative estimate of drug-likeness (QED) is 0.585. The Labute approximate surface area is 199 Å². The van der Waals surface area contributed by atoms with Crippen LogP contribution in [0.15, 0.2) is 18.2 Å². The molecule has 34 heavy (non-hydrogen) atoms. The van der Waals surface area contributed by atoms with Crippen molar-refractivity contribution in [2.45, 2.75) is 82.5 Å². The van der Waals surface area contributed by atoms with Gasteiger partial charge < -0.3 is 21.1 Å². The lowest BCUT2D eigenvalue weighted by atomic mass is 9.94. The van der Waals surface area contributed by atoms with Crippen molar-refractivity contribution in [2.24, 2.45) is 11.7 Å². The Kier molecular flexibility index (Phi) is 6.85. The van der Waals surface area contributed by atoms with Gasteiger partial charge in [0, 0.05) is 19.0 Å². The molecule has 2 aliphatic heterocycles. The number of ether oxygens (including phenoxy) is 1. The molecule has 1 aliphatic carbocycles. The van der Waals surface area contributed by atoms with Gasteiger partial charge in [-0.1, -0.05) is 12.1 Å². The van der Waals surface area contributed by atoms with Crippen molar-refractivity contribution in [1.82, 2.24) is 15.5 Å². The molecule has 8 nitrogen and oxygen atoms in total. The topological polar surface area (TPSA) is 114 Å². The maximum Gasteiger partial charge on any atom is 0.411 e. The third-order valence-corrected chi connectivity index (χ3v) is 7.15. The van der Waals surface area contributed by atoms with E-state index in [4.69, 9.17) is 10.5 Å².